The molecule has 0 radical (unpaired) electrons. The normalized spacial score (nSPS) is 16.7. The van der Waals surface area contributed by atoms with Crippen LogP contribution in [-0.2, 0) is 22.7 Å². The van der Waals surface area contributed by atoms with Crippen LogP contribution in [0.3, 0.4) is 0 Å². The van der Waals surface area contributed by atoms with Crippen molar-refractivity contribution >= 4 is 40.9 Å². The molecule has 2 aliphatic rings. The molecular formula is C36H39N9O4. The lowest BCUT2D eigenvalue weighted by molar-refractivity contribution is -0.124. The summed E-state index contributed by atoms with van der Waals surface area (Å²) in [5, 5.41) is 6.10. The van der Waals surface area contributed by atoms with E-state index in [1.165, 1.54) is 6.33 Å². The zero-order chi connectivity index (χ0) is 34.2. The number of aromatic nitrogens is 4. The van der Waals surface area contributed by atoms with Gasteiger partial charge in [0.2, 0.25) is 11.8 Å². The molecule has 1 atom stereocenters. The highest BCUT2D eigenvalue weighted by atomic mass is 16.5. The minimum atomic E-state index is -0.495. The van der Waals surface area contributed by atoms with Crippen LogP contribution in [-0.4, -0.2) is 70.2 Å². The molecule has 13 nitrogen and oxygen atoms in total. The number of carbonyl (C=O) groups excluding carboxylic acids is 2. The SMILES string of the molecule is CN(CCOC(=O)NCc1ccc(COc2nc(N)nc3[nH]cnc23)cc1)c1ccc(/C=C2\NC(/C=C/C3=CCCC=C3)N(C)C2=O)cc1. The van der Waals surface area contributed by atoms with Crippen LogP contribution in [0, 0.1) is 0 Å². The van der Waals surface area contributed by atoms with Crippen LogP contribution in [0.1, 0.15) is 29.5 Å². The molecule has 0 saturated carbocycles. The van der Waals surface area contributed by atoms with Crippen molar-refractivity contribution in [2.45, 2.75) is 32.2 Å². The van der Waals surface area contributed by atoms with Crippen LogP contribution in [0.25, 0.3) is 17.2 Å². The smallest absolute Gasteiger partial charge is 0.407 e. The fourth-order valence-electron chi connectivity index (χ4n) is 5.33. The molecule has 1 saturated heterocycles. The number of aromatic amines is 1. The second kappa shape index (κ2) is 15.2. The number of nitrogens with one attached hydrogen (secondary N) is 3. The number of hydrogen-bond acceptors (Lipinski definition) is 10. The molecule has 0 spiro atoms. The molecular weight excluding hydrogens is 622 g/mol. The molecule has 6 rings (SSSR count). The van der Waals surface area contributed by atoms with Gasteiger partial charge in [0, 0.05) is 26.3 Å². The summed E-state index contributed by atoms with van der Waals surface area (Å²) in [5.41, 5.74) is 12.2. The van der Waals surface area contributed by atoms with Gasteiger partial charge in [0.15, 0.2) is 11.2 Å². The summed E-state index contributed by atoms with van der Waals surface area (Å²) in [6, 6.07) is 15.5. The minimum absolute atomic E-state index is 0.0522. The van der Waals surface area contributed by atoms with E-state index in [0.717, 1.165) is 40.8 Å². The average Bonchev–Trinajstić information content (AvgIpc) is 3.70. The van der Waals surface area contributed by atoms with Crippen molar-refractivity contribution in [2.75, 3.05) is 37.9 Å². The van der Waals surface area contributed by atoms with Crippen molar-refractivity contribution in [2.24, 2.45) is 0 Å². The van der Waals surface area contributed by atoms with Crippen LogP contribution >= 0.6 is 0 Å². The maximum atomic E-state index is 12.8. The Morgan fingerprint density at radius 2 is 1.92 bits per heavy atom. The number of rotatable bonds is 12. The Morgan fingerprint density at radius 1 is 1.12 bits per heavy atom. The molecule has 1 unspecified atom stereocenters. The molecule has 3 heterocycles. The van der Waals surface area contributed by atoms with Gasteiger partial charge in [-0.25, -0.2) is 9.78 Å². The van der Waals surface area contributed by atoms with Crippen molar-refractivity contribution in [3.05, 3.63) is 113 Å². The molecule has 49 heavy (non-hydrogen) atoms. The number of imidazole rings is 1. The van der Waals surface area contributed by atoms with Crippen LogP contribution in [0.2, 0.25) is 0 Å². The largest absolute Gasteiger partial charge is 0.471 e. The van der Waals surface area contributed by atoms with E-state index in [-0.39, 0.29) is 31.2 Å². The quantitative estimate of drug-likeness (QED) is 0.160. The van der Waals surface area contributed by atoms with Crippen molar-refractivity contribution in [1.82, 2.24) is 35.5 Å². The van der Waals surface area contributed by atoms with Crippen molar-refractivity contribution in [1.29, 1.82) is 0 Å². The van der Waals surface area contributed by atoms with Crippen molar-refractivity contribution in [3.63, 3.8) is 0 Å². The van der Waals surface area contributed by atoms with E-state index in [9.17, 15) is 9.59 Å². The first-order chi connectivity index (χ1) is 23.8. The Labute approximate surface area is 284 Å². The molecule has 4 aromatic rings. The fourth-order valence-corrected chi connectivity index (χ4v) is 5.33. The second-order valence-corrected chi connectivity index (χ2v) is 11.7. The minimum Gasteiger partial charge on any atom is -0.471 e. The molecule has 2 aromatic carbocycles. The molecule has 2 aromatic heterocycles. The van der Waals surface area contributed by atoms with Crippen LogP contribution in [0.15, 0.2) is 96.5 Å². The third-order valence-electron chi connectivity index (χ3n) is 8.17. The number of H-pyrrole nitrogens is 1. The average molecular weight is 662 g/mol. The number of amides is 2. The van der Waals surface area contributed by atoms with E-state index in [0.29, 0.717) is 35.8 Å². The highest BCUT2D eigenvalue weighted by Crippen LogP contribution is 2.22. The standard InChI is InChI=1S/C36H39N9O4/c1-44(28-15-12-25(13-16-28)20-29-34(46)45(2)30(41-29)17-14-24-6-4-3-5-7-24)18-19-48-36(47)38-21-26-8-10-27(11-9-26)22-49-33-31-32(40-23-39-31)42-35(37)43-33/h4,6-17,20,23,30,41H,3,5,18-19,21-22H2,1-2H3,(H,38,47)(H3,37,39,40,42,43)/b17-14+,29-20-. The fraction of sp³-hybridized carbons (Fsp3) is 0.250. The number of likely N-dealkylation sites (N-methyl/N-ethyl adjacent to an activating group) is 2. The van der Waals surface area contributed by atoms with Crippen LogP contribution in [0.4, 0.5) is 16.4 Å². The number of anilines is 2. The highest BCUT2D eigenvalue weighted by Gasteiger charge is 2.29. The number of benzene rings is 2. The van der Waals surface area contributed by atoms with Gasteiger partial charge in [-0.1, -0.05) is 60.7 Å². The first-order valence-corrected chi connectivity index (χ1v) is 16.0. The monoisotopic (exact) mass is 661 g/mol. The molecule has 1 aliphatic carbocycles. The molecule has 13 heteroatoms. The number of allylic oxidation sites excluding steroid dienone is 5. The Hall–Kier alpha value is -6.11. The van der Waals surface area contributed by atoms with E-state index in [1.54, 1.807) is 11.9 Å². The Morgan fingerprint density at radius 3 is 2.69 bits per heavy atom. The lowest BCUT2D eigenvalue weighted by atomic mass is 10.1. The van der Waals surface area contributed by atoms with Gasteiger partial charge in [-0.2, -0.15) is 9.97 Å². The zero-order valence-corrected chi connectivity index (χ0v) is 27.4. The first-order valence-electron chi connectivity index (χ1n) is 16.0. The van der Waals surface area contributed by atoms with E-state index >= 15 is 0 Å². The van der Waals surface area contributed by atoms with E-state index in [1.807, 2.05) is 72.6 Å². The predicted molar refractivity (Wildman–Crippen MR) is 188 cm³/mol. The lowest BCUT2D eigenvalue weighted by Gasteiger charge is -2.19. The number of hydrogen-bond donors (Lipinski definition) is 4. The van der Waals surface area contributed by atoms with Gasteiger partial charge in [-0.15, -0.1) is 0 Å². The van der Waals surface area contributed by atoms with Gasteiger partial charge in [0.1, 0.15) is 25.1 Å². The van der Waals surface area contributed by atoms with Crippen molar-refractivity contribution in [3.8, 4) is 5.88 Å². The third kappa shape index (κ3) is 8.44. The molecule has 252 valence electrons. The van der Waals surface area contributed by atoms with Crippen LogP contribution in [0.5, 0.6) is 5.88 Å². The number of nitrogens with two attached hydrogens (primary N) is 1. The number of ether oxygens (including phenoxy) is 2. The van der Waals surface area contributed by atoms with Gasteiger partial charge < -0.3 is 40.6 Å². The summed E-state index contributed by atoms with van der Waals surface area (Å²) in [6.45, 7) is 1.32. The highest BCUT2D eigenvalue weighted by molar-refractivity contribution is 5.99. The summed E-state index contributed by atoms with van der Waals surface area (Å²) in [5.74, 6) is 0.356. The van der Waals surface area contributed by atoms with E-state index < -0.39 is 6.09 Å². The van der Waals surface area contributed by atoms with Gasteiger partial charge in [-0.05, 0) is 59.4 Å². The van der Waals surface area contributed by atoms with E-state index in [2.05, 4.69) is 54.9 Å². The Kier molecular flexibility index (Phi) is 10.2. The van der Waals surface area contributed by atoms with Crippen molar-refractivity contribution < 1.29 is 19.1 Å². The Balaban J connectivity index is 0.911. The molecule has 0 bridgehead atoms. The van der Waals surface area contributed by atoms with Gasteiger partial charge >= 0.3 is 6.09 Å². The summed E-state index contributed by atoms with van der Waals surface area (Å²) in [6.07, 6.45) is 15.3. The second-order valence-electron chi connectivity index (χ2n) is 11.7. The number of fused-ring (bicyclic) bond motifs is 1. The molecule has 2 amide bonds. The number of nitrogen functional groups attached to an aromatic ring is 1. The third-order valence-corrected chi connectivity index (χ3v) is 8.17. The number of alkyl carbamates (subject to hydrolysis) is 1. The van der Waals surface area contributed by atoms with Gasteiger partial charge in [0.25, 0.3) is 5.91 Å². The predicted octanol–water partition coefficient (Wildman–Crippen LogP) is 4.44. The zero-order valence-electron chi connectivity index (χ0n) is 27.4. The maximum absolute atomic E-state index is 12.8. The molecule has 1 aliphatic heterocycles. The summed E-state index contributed by atoms with van der Waals surface area (Å²) in [7, 11) is 3.73. The molecule has 5 N–H and O–H groups in total. The van der Waals surface area contributed by atoms with Gasteiger partial charge in [-0.3, -0.25) is 4.79 Å². The maximum Gasteiger partial charge on any atom is 0.407 e. The van der Waals surface area contributed by atoms with Gasteiger partial charge in [0.05, 0.1) is 12.9 Å². The Bertz CT molecular complexity index is 1910. The van der Waals surface area contributed by atoms with Crippen LogP contribution < -0.4 is 26.0 Å². The number of nitrogens with zero attached hydrogens (tertiary/aromatic N) is 5. The summed E-state index contributed by atoms with van der Waals surface area (Å²) < 4.78 is 11.2. The first kappa shape index (κ1) is 32.8. The number of carbonyl (C=O) groups is 2. The topological polar surface area (TPSA) is 164 Å². The summed E-state index contributed by atoms with van der Waals surface area (Å²) in [4.78, 5) is 44.1. The molecule has 1 fully saturated rings. The summed E-state index contributed by atoms with van der Waals surface area (Å²) >= 11 is 0. The van der Waals surface area contributed by atoms with E-state index in [4.69, 9.17) is 15.2 Å². The lowest BCUT2D eigenvalue weighted by Crippen LogP contribution is -2.31.